The fourth-order valence-electron chi connectivity index (χ4n) is 1.42. The maximum absolute atomic E-state index is 11.1. The third-order valence-electron chi connectivity index (χ3n) is 2.31. The van der Waals surface area contributed by atoms with Crippen LogP contribution in [0.25, 0.3) is 0 Å². The molecule has 0 aliphatic rings. The van der Waals surface area contributed by atoms with Crippen molar-refractivity contribution in [2.45, 2.75) is 6.29 Å². The number of carboxylic acid groups (broad SMARTS) is 1. The van der Waals surface area contributed by atoms with Gasteiger partial charge in [-0.3, -0.25) is 0 Å². The molecular formula is C14H13NO4. The van der Waals surface area contributed by atoms with Gasteiger partial charge < -0.3 is 20.3 Å². The molecule has 0 amide bonds. The Morgan fingerprint density at radius 3 is 2.00 bits per heavy atom. The molecule has 0 heterocycles. The highest BCUT2D eigenvalue weighted by Gasteiger charge is 2.21. The van der Waals surface area contributed by atoms with Gasteiger partial charge in [-0.15, -0.1) is 0 Å². The zero-order chi connectivity index (χ0) is 13.7. The Bertz CT molecular complexity index is 539. The van der Waals surface area contributed by atoms with Gasteiger partial charge in [0, 0.05) is 5.69 Å². The van der Waals surface area contributed by atoms with Crippen LogP contribution in [0, 0.1) is 0 Å². The molecule has 0 aromatic heterocycles. The topological polar surface area (TPSA) is 81.8 Å². The number of aliphatic carboxylic acids is 1. The summed E-state index contributed by atoms with van der Waals surface area (Å²) in [5.74, 6) is -0.413. The minimum atomic E-state index is -1.41. The lowest BCUT2D eigenvalue weighted by molar-refractivity contribution is -0.158. The number of benzene rings is 2. The van der Waals surface area contributed by atoms with E-state index in [1.54, 1.807) is 48.5 Å². The molecule has 0 aliphatic carbocycles. The molecular weight excluding hydrogens is 246 g/mol. The van der Waals surface area contributed by atoms with E-state index < -0.39 is 12.3 Å². The lowest BCUT2D eigenvalue weighted by atomic mass is 10.3. The second-order valence-electron chi connectivity index (χ2n) is 3.79. The maximum Gasteiger partial charge on any atom is 0.387 e. The smallest absolute Gasteiger partial charge is 0.387 e. The number of para-hydroxylation sites is 1. The van der Waals surface area contributed by atoms with E-state index in [-0.39, 0.29) is 0 Å². The lowest BCUT2D eigenvalue weighted by Gasteiger charge is -2.16. The second kappa shape index (κ2) is 5.77. The van der Waals surface area contributed by atoms with Crippen LogP contribution < -0.4 is 15.2 Å². The van der Waals surface area contributed by atoms with Crippen LogP contribution in [-0.2, 0) is 4.79 Å². The highest BCUT2D eigenvalue weighted by molar-refractivity contribution is 5.71. The second-order valence-corrected chi connectivity index (χ2v) is 3.79. The minimum absolute atomic E-state index is 0.373. The third kappa shape index (κ3) is 3.64. The number of hydrogen-bond acceptors (Lipinski definition) is 4. The first-order valence-corrected chi connectivity index (χ1v) is 5.62. The average Bonchev–Trinajstić information content (AvgIpc) is 2.41. The van der Waals surface area contributed by atoms with Crippen molar-refractivity contribution >= 4 is 11.7 Å². The fraction of sp³-hybridized carbons (Fsp3) is 0.0714. The van der Waals surface area contributed by atoms with E-state index in [1.165, 1.54) is 0 Å². The monoisotopic (exact) mass is 259 g/mol. The number of ether oxygens (including phenoxy) is 2. The SMILES string of the molecule is Nc1ccc(OC(Oc2ccccc2)C(=O)O)cc1. The Labute approximate surface area is 110 Å². The van der Waals surface area contributed by atoms with Gasteiger partial charge in [0.2, 0.25) is 0 Å². The Hall–Kier alpha value is -2.69. The zero-order valence-electron chi connectivity index (χ0n) is 10.0. The van der Waals surface area contributed by atoms with Crippen LogP contribution in [0.15, 0.2) is 54.6 Å². The van der Waals surface area contributed by atoms with Gasteiger partial charge in [-0.25, -0.2) is 4.79 Å². The van der Waals surface area contributed by atoms with E-state index in [1.807, 2.05) is 6.07 Å². The Morgan fingerprint density at radius 1 is 0.947 bits per heavy atom. The summed E-state index contributed by atoms with van der Waals surface area (Å²) in [6, 6.07) is 15.0. The number of anilines is 1. The van der Waals surface area contributed by atoms with Crippen molar-refractivity contribution in [3.05, 3.63) is 54.6 Å². The van der Waals surface area contributed by atoms with Crippen LogP contribution in [0.2, 0.25) is 0 Å². The summed E-state index contributed by atoms with van der Waals surface area (Å²) in [6.45, 7) is 0. The summed E-state index contributed by atoms with van der Waals surface area (Å²) in [5.41, 5.74) is 6.11. The summed E-state index contributed by atoms with van der Waals surface area (Å²) >= 11 is 0. The predicted octanol–water partition coefficient (Wildman–Crippen LogP) is 2.14. The Balaban J connectivity index is 2.08. The van der Waals surface area contributed by atoms with Crippen LogP contribution >= 0.6 is 0 Å². The first kappa shape index (κ1) is 12.8. The summed E-state index contributed by atoms with van der Waals surface area (Å²) in [6.07, 6.45) is -1.41. The van der Waals surface area contributed by atoms with E-state index in [2.05, 4.69) is 0 Å². The molecule has 0 bridgehead atoms. The number of carbonyl (C=O) groups is 1. The molecule has 0 saturated heterocycles. The van der Waals surface area contributed by atoms with Gasteiger partial charge in [0.25, 0.3) is 0 Å². The standard InChI is InChI=1S/C14H13NO4/c15-10-6-8-12(9-7-10)19-14(13(16)17)18-11-4-2-1-3-5-11/h1-9,14H,15H2,(H,16,17). The molecule has 5 nitrogen and oxygen atoms in total. The van der Waals surface area contributed by atoms with Gasteiger partial charge in [-0.1, -0.05) is 18.2 Å². The van der Waals surface area contributed by atoms with Gasteiger partial charge in [0.1, 0.15) is 11.5 Å². The van der Waals surface area contributed by atoms with Gasteiger partial charge >= 0.3 is 12.3 Å². The van der Waals surface area contributed by atoms with E-state index in [0.717, 1.165) is 0 Å². The van der Waals surface area contributed by atoms with E-state index in [4.69, 9.17) is 20.3 Å². The van der Waals surface area contributed by atoms with Gasteiger partial charge in [-0.2, -0.15) is 0 Å². The molecule has 2 aromatic rings. The molecule has 2 rings (SSSR count). The normalized spacial score (nSPS) is 11.6. The predicted molar refractivity (Wildman–Crippen MR) is 70.0 cm³/mol. The molecule has 0 spiro atoms. The molecule has 2 aromatic carbocycles. The van der Waals surface area contributed by atoms with Gasteiger partial charge in [-0.05, 0) is 36.4 Å². The molecule has 0 radical (unpaired) electrons. The van der Waals surface area contributed by atoms with E-state index >= 15 is 0 Å². The lowest BCUT2D eigenvalue weighted by Crippen LogP contribution is -2.33. The van der Waals surface area contributed by atoms with Crippen molar-refractivity contribution < 1.29 is 19.4 Å². The van der Waals surface area contributed by atoms with Crippen LogP contribution in [0.5, 0.6) is 11.5 Å². The van der Waals surface area contributed by atoms with Crippen LogP contribution in [-0.4, -0.2) is 17.4 Å². The van der Waals surface area contributed by atoms with Crippen LogP contribution in [0.1, 0.15) is 0 Å². The van der Waals surface area contributed by atoms with E-state index in [0.29, 0.717) is 17.2 Å². The number of rotatable bonds is 5. The van der Waals surface area contributed by atoms with Crippen LogP contribution in [0.3, 0.4) is 0 Å². The van der Waals surface area contributed by atoms with Gasteiger partial charge in [0.05, 0.1) is 0 Å². The third-order valence-corrected chi connectivity index (χ3v) is 2.31. The Morgan fingerprint density at radius 2 is 1.47 bits per heavy atom. The summed E-state index contributed by atoms with van der Waals surface area (Å²) < 4.78 is 10.5. The molecule has 3 N–H and O–H groups in total. The van der Waals surface area contributed by atoms with Crippen molar-refractivity contribution in [3.63, 3.8) is 0 Å². The molecule has 5 heteroatoms. The molecule has 98 valence electrons. The quantitative estimate of drug-likeness (QED) is 0.635. The molecule has 1 atom stereocenters. The first-order chi connectivity index (χ1) is 9.15. The van der Waals surface area contributed by atoms with Crippen LogP contribution in [0.4, 0.5) is 5.69 Å². The largest absolute Gasteiger partial charge is 0.476 e. The average molecular weight is 259 g/mol. The number of carboxylic acids is 1. The first-order valence-electron chi connectivity index (χ1n) is 5.62. The Kier molecular flexibility index (Phi) is 3.87. The highest BCUT2D eigenvalue weighted by atomic mass is 16.7. The van der Waals surface area contributed by atoms with Crippen molar-refractivity contribution in [3.8, 4) is 11.5 Å². The summed E-state index contributed by atoms with van der Waals surface area (Å²) in [7, 11) is 0. The minimum Gasteiger partial charge on any atom is -0.476 e. The zero-order valence-corrected chi connectivity index (χ0v) is 10.0. The van der Waals surface area contributed by atoms with Crippen molar-refractivity contribution in [2.75, 3.05) is 5.73 Å². The molecule has 19 heavy (non-hydrogen) atoms. The summed E-state index contributed by atoms with van der Waals surface area (Å²) in [4.78, 5) is 11.1. The van der Waals surface area contributed by atoms with E-state index in [9.17, 15) is 4.79 Å². The van der Waals surface area contributed by atoms with Gasteiger partial charge in [0.15, 0.2) is 0 Å². The number of nitrogen functional groups attached to an aromatic ring is 1. The molecule has 0 saturated carbocycles. The molecule has 0 fully saturated rings. The number of hydrogen-bond donors (Lipinski definition) is 2. The van der Waals surface area contributed by atoms with Crippen molar-refractivity contribution in [1.82, 2.24) is 0 Å². The number of nitrogens with two attached hydrogens (primary N) is 1. The molecule has 0 aliphatic heterocycles. The van der Waals surface area contributed by atoms with Crippen molar-refractivity contribution in [1.29, 1.82) is 0 Å². The van der Waals surface area contributed by atoms with Crippen molar-refractivity contribution in [2.24, 2.45) is 0 Å². The fourth-order valence-corrected chi connectivity index (χ4v) is 1.42. The summed E-state index contributed by atoms with van der Waals surface area (Å²) in [5, 5.41) is 9.08. The molecule has 1 unspecified atom stereocenters. The maximum atomic E-state index is 11.1. The highest BCUT2D eigenvalue weighted by Crippen LogP contribution is 2.17.